The van der Waals surface area contributed by atoms with Crippen molar-refractivity contribution in [2.75, 3.05) is 7.11 Å². The molecular weight excluding hydrogens is 312 g/mol. The Balaban J connectivity index is 2.44. The largest absolute Gasteiger partial charge is 0.504 e. The third kappa shape index (κ3) is 4.85. The lowest BCUT2D eigenvalue weighted by atomic mass is 9.88. The third-order valence-corrected chi connectivity index (χ3v) is 3.97. The van der Waals surface area contributed by atoms with Crippen molar-refractivity contribution < 1.29 is 14.3 Å². The van der Waals surface area contributed by atoms with Crippen LogP contribution in [0.1, 0.15) is 64.2 Å². The van der Waals surface area contributed by atoms with Crippen LogP contribution >= 0.6 is 0 Å². The van der Waals surface area contributed by atoms with Gasteiger partial charge in [0, 0.05) is 12.1 Å². The highest BCUT2D eigenvalue weighted by atomic mass is 16.5. The Morgan fingerprint density at radius 1 is 0.840 bits per heavy atom. The molecular formula is C22H29O3+. The first-order valence-corrected chi connectivity index (χ1v) is 8.55. The summed E-state index contributed by atoms with van der Waals surface area (Å²) in [5, 5.41) is 9.71. The number of aromatic hydroxyl groups is 1. The molecule has 0 radical (unpaired) electrons. The minimum absolute atomic E-state index is 0.0639. The van der Waals surface area contributed by atoms with Gasteiger partial charge in [-0.3, -0.25) is 0 Å². The second-order valence-electron chi connectivity index (χ2n) is 8.38. The van der Waals surface area contributed by atoms with Crippen molar-refractivity contribution in [2.24, 2.45) is 0 Å². The van der Waals surface area contributed by atoms with E-state index in [2.05, 4.69) is 59.8 Å². The van der Waals surface area contributed by atoms with Gasteiger partial charge < -0.3 is 9.84 Å². The summed E-state index contributed by atoms with van der Waals surface area (Å²) in [4.78, 5) is 0. The topological polar surface area (TPSA) is 40.8 Å². The summed E-state index contributed by atoms with van der Waals surface area (Å²) in [5.74, 6) is 2.53. The van der Waals surface area contributed by atoms with E-state index in [1.165, 1.54) is 0 Å². The molecule has 1 aromatic carbocycles. The van der Waals surface area contributed by atoms with Crippen molar-refractivity contribution in [2.45, 2.75) is 52.4 Å². The zero-order chi connectivity index (χ0) is 18.8. The van der Waals surface area contributed by atoms with E-state index < -0.39 is 0 Å². The van der Waals surface area contributed by atoms with Crippen LogP contribution in [0.5, 0.6) is 11.5 Å². The number of methoxy groups -OCH3 is 1. The van der Waals surface area contributed by atoms with Gasteiger partial charge in [0.05, 0.1) is 17.9 Å². The Bertz CT molecular complexity index is 743. The minimum atomic E-state index is -0.0639. The van der Waals surface area contributed by atoms with Gasteiger partial charge in [-0.1, -0.05) is 18.2 Å². The zero-order valence-electron chi connectivity index (χ0n) is 16.3. The smallest absolute Gasteiger partial charge is 0.335 e. The highest BCUT2D eigenvalue weighted by Gasteiger charge is 2.33. The van der Waals surface area contributed by atoms with Crippen LogP contribution in [-0.4, -0.2) is 12.2 Å². The second-order valence-corrected chi connectivity index (χ2v) is 8.38. The average Bonchev–Trinajstić information content (AvgIpc) is 2.52. The SMILES string of the molecule is COc1cc(C=Cc2cc(C(C)(C)C)[o+]c(C(C)(C)C)c2)ccc1O. The molecule has 2 rings (SSSR count). The fourth-order valence-corrected chi connectivity index (χ4v) is 2.35. The summed E-state index contributed by atoms with van der Waals surface area (Å²) >= 11 is 0. The van der Waals surface area contributed by atoms with Crippen LogP contribution in [0.15, 0.2) is 34.7 Å². The maximum atomic E-state index is 9.71. The van der Waals surface area contributed by atoms with Gasteiger partial charge in [0.15, 0.2) is 11.5 Å². The molecule has 0 spiro atoms. The Kier molecular flexibility index (Phi) is 5.26. The molecule has 0 fully saturated rings. The lowest BCUT2D eigenvalue weighted by Gasteiger charge is -2.14. The Morgan fingerprint density at radius 3 is 1.84 bits per heavy atom. The number of phenolic OH excluding ortho intramolecular Hbond substituents is 1. The predicted octanol–water partition coefficient (Wildman–Crippen LogP) is 6.04. The summed E-state index contributed by atoms with van der Waals surface area (Å²) in [6.07, 6.45) is 4.07. The molecule has 3 heteroatoms. The Hall–Kier alpha value is -2.29. The number of hydrogen-bond donors (Lipinski definition) is 1. The van der Waals surface area contributed by atoms with Gasteiger partial charge in [0.1, 0.15) is 0 Å². The van der Waals surface area contributed by atoms with Crippen LogP contribution in [0, 0.1) is 0 Å². The first-order chi connectivity index (χ1) is 11.5. The van der Waals surface area contributed by atoms with Crippen molar-refractivity contribution in [1.29, 1.82) is 0 Å². The number of benzene rings is 1. The van der Waals surface area contributed by atoms with Crippen molar-refractivity contribution in [3.63, 3.8) is 0 Å². The van der Waals surface area contributed by atoms with Crippen LogP contribution in [0.2, 0.25) is 0 Å². The Morgan fingerprint density at radius 2 is 1.36 bits per heavy atom. The summed E-state index contributed by atoms with van der Waals surface area (Å²) in [5.41, 5.74) is 1.93. The quantitative estimate of drug-likeness (QED) is 0.692. The molecule has 0 saturated carbocycles. The van der Waals surface area contributed by atoms with E-state index in [0.717, 1.165) is 22.6 Å². The summed E-state index contributed by atoms with van der Waals surface area (Å²) in [6, 6.07) is 9.48. The van der Waals surface area contributed by atoms with Crippen molar-refractivity contribution in [3.8, 4) is 11.5 Å². The number of rotatable bonds is 3. The molecule has 0 aliphatic heterocycles. The first-order valence-electron chi connectivity index (χ1n) is 8.55. The van der Waals surface area contributed by atoms with Crippen LogP contribution in [0.4, 0.5) is 0 Å². The molecule has 1 heterocycles. The van der Waals surface area contributed by atoms with E-state index in [1.807, 2.05) is 18.2 Å². The molecule has 0 unspecified atom stereocenters. The summed E-state index contributed by atoms with van der Waals surface area (Å²) < 4.78 is 11.3. The van der Waals surface area contributed by atoms with E-state index in [1.54, 1.807) is 13.2 Å². The summed E-state index contributed by atoms with van der Waals surface area (Å²) in [7, 11) is 1.55. The van der Waals surface area contributed by atoms with Crippen LogP contribution in [0.25, 0.3) is 12.2 Å². The van der Waals surface area contributed by atoms with Crippen molar-refractivity contribution in [1.82, 2.24) is 0 Å². The van der Waals surface area contributed by atoms with Crippen LogP contribution in [0.3, 0.4) is 0 Å². The molecule has 0 aliphatic carbocycles. The molecule has 1 aromatic heterocycles. The molecule has 134 valence electrons. The van der Waals surface area contributed by atoms with Crippen molar-refractivity contribution in [3.05, 3.63) is 53.0 Å². The summed E-state index contributed by atoms with van der Waals surface area (Å²) in [6.45, 7) is 12.9. The van der Waals surface area contributed by atoms with E-state index in [9.17, 15) is 5.11 Å². The van der Waals surface area contributed by atoms with Crippen molar-refractivity contribution >= 4 is 12.2 Å². The molecule has 0 bridgehead atoms. The van der Waals surface area contributed by atoms with E-state index in [0.29, 0.717) is 5.75 Å². The number of ether oxygens (including phenoxy) is 1. The average molecular weight is 341 g/mol. The minimum Gasteiger partial charge on any atom is -0.504 e. The van der Waals surface area contributed by atoms with Gasteiger partial charge >= 0.3 is 11.5 Å². The molecule has 2 aromatic rings. The van der Waals surface area contributed by atoms with Gasteiger partial charge in [0.2, 0.25) is 0 Å². The monoisotopic (exact) mass is 341 g/mol. The third-order valence-electron chi connectivity index (χ3n) is 3.97. The maximum absolute atomic E-state index is 9.71. The van der Waals surface area contributed by atoms with Gasteiger partial charge in [-0.05, 0) is 64.8 Å². The molecule has 1 N–H and O–H groups in total. The number of hydrogen-bond acceptors (Lipinski definition) is 2. The molecule has 0 amide bonds. The van der Waals surface area contributed by atoms with Gasteiger partial charge in [-0.15, -0.1) is 0 Å². The van der Waals surface area contributed by atoms with E-state index in [4.69, 9.17) is 9.15 Å². The first kappa shape index (κ1) is 19.0. The lowest BCUT2D eigenvalue weighted by Crippen LogP contribution is -2.16. The standard InChI is InChI=1S/C22H28O3/c1-21(2,3)19-13-16(14-20(25-19)22(4,5)6)9-8-15-10-11-17(23)18(12-15)24-7/h8-14H,1-7H3/p+1. The van der Waals surface area contributed by atoms with Crippen LogP contribution < -0.4 is 4.74 Å². The molecule has 0 atom stereocenters. The molecule has 25 heavy (non-hydrogen) atoms. The van der Waals surface area contributed by atoms with Gasteiger partial charge in [-0.2, -0.15) is 0 Å². The highest BCUT2D eigenvalue weighted by molar-refractivity contribution is 5.71. The predicted molar refractivity (Wildman–Crippen MR) is 104 cm³/mol. The van der Waals surface area contributed by atoms with Crippen LogP contribution in [-0.2, 0) is 10.8 Å². The van der Waals surface area contributed by atoms with E-state index >= 15 is 0 Å². The number of phenols is 1. The Labute approximate surface area is 151 Å². The molecule has 0 saturated heterocycles. The van der Waals surface area contributed by atoms with Gasteiger partial charge in [-0.25, -0.2) is 4.42 Å². The molecule has 3 nitrogen and oxygen atoms in total. The highest BCUT2D eigenvalue weighted by Crippen LogP contribution is 2.31. The fraction of sp³-hybridized carbons (Fsp3) is 0.409. The zero-order valence-corrected chi connectivity index (χ0v) is 16.3. The van der Waals surface area contributed by atoms with E-state index in [-0.39, 0.29) is 16.6 Å². The van der Waals surface area contributed by atoms with Gasteiger partial charge in [0.25, 0.3) is 0 Å². The lowest BCUT2D eigenvalue weighted by molar-refractivity contribution is 0.328. The fourth-order valence-electron chi connectivity index (χ4n) is 2.35. The molecule has 0 aliphatic rings. The second kappa shape index (κ2) is 6.91. The maximum Gasteiger partial charge on any atom is 0.335 e. The normalized spacial score (nSPS) is 12.6.